The molecule has 0 radical (unpaired) electrons. The Balaban J connectivity index is 3.21. The predicted octanol–water partition coefficient (Wildman–Crippen LogP) is 1.51. The van der Waals surface area contributed by atoms with Gasteiger partial charge in [0.05, 0.1) is 12.7 Å². The van der Waals surface area contributed by atoms with Crippen LogP contribution >= 0.6 is 0 Å². The van der Waals surface area contributed by atoms with Gasteiger partial charge in [0.15, 0.2) is 0 Å². The van der Waals surface area contributed by atoms with Crippen LogP contribution in [0.15, 0.2) is 0 Å². The zero-order valence-corrected chi connectivity index (χ0v) is 9.83. The molecule has 1 unspecified atom stereocenters. The first kappa shape index (κ1) is 13.9. The molecule has 1 N–H and O–H groups in total. The number of aliphatic hydroxyl groups excluding tert-OH is 1. The van der Waals surface area contributed by atoms with E-state index in [-0.39, 0.29) is 6.10 Å². The molecule has 3 nitrogen and oxygen atoms in total. The topological polar surface area (TPSA) is 32.7 Å². The second-order valence-corrected chi connectivity index (χ2v) is 3.70. The van der Waals surface area contributed by atoms with Crippen LogP contribution in [-0.4, -0.2) is 49.5 Å². The van der Waals surface area contributed by atoms with Gasteiger partial charge in [0.1, 0.15) is 0 Å². The van der Waals surface area contributed by atoms with Gasteiger partial charge in [0.25, 0.3) is 0 Å². The van der Waals surface area contributed by atoms with Crippen molar-refractivity contribution < 1.29 is 9.84 Å². The molecule has 0 saturated carbocycles. The molecular weight excluding hydrogens is 178 g/mol. The van der Waals surface area contributed by atoms with E-state index in [4.69, 9.17) is 4.74 Å². The van der Waals surface area contributed by atoms with Crippen LogP contribution < -0.4 is 0 Å². The Hall–Kier alpha value is -0.120. The van der Waals surface area contributed by atoms with Gasteiger partial charge in [0.2, 0.25) is 0 Å². The van der Waals surface area contributed by atoms with E-state index in [1.54, 1.807) is 0 Å². The van der Waals surface area contributed by atoms with Gasteiger partial charge >= 0.3 is 0 Å². The molecule has 0 aromatic heterocycles. The van der Waals surface area contributed by atoms with Crippen molar-refractivity contribution in [2.45, 2.75) is 39.2 Å². The number of aliphatic hydroxyl groups is 1. The Kier molecular flexibility index (Phi) is 9.35. The zero-order chi connectivity index (χ0) is 10.8. The van der Waals surface area contributed by atoms with Crippen LogP contribution in [0.4, 0.5) is 0 Å². The van der Waals surface area contributed by atoms with Crippen molar-refractivity contribution in [1.29, 1.82) is 0 Å². The average molecular weight is 203 g/mol. The van der Waals surface area contributed by atoms with E-state index >= 15 is 0 Å². The molecule has 0 fully saturated rings. The van der Waals surface area contributed by atoms with E-state index < -0.39 is 0 Å². The molecule has 86 valence electrons. The number of nitrogens with zero attached hydrogens (tertiary/aromatic N) is 1. The second kappa shape index (κ2) is 9.44. The summed E-state index contributed by atoms with van der Waals surface area (Å²) < 4.78 is 5.26. The Morgan fingerprint density at radius 3 is 2.57 bits per heavy atom. The van der Waals surface area contributed by atoms with Gasteiger partial charge in [-0.05, 0) is 39.8 Å². The van der Waals surface area contributed by atoms with E-state index in [1.807, 2.05) is 13.8 Å². The predicted molar refractivity (Wildman–Crippen MR) is 59.5 cm³/mol. The lowest BCUT2D eigenvalue weighted by Gasteiger charge is -2.17. The van der Waals surface area contributed by atoms with Crippen molar-refractivity contribution >= 4 is 0 Å². The van der Waals surface area contributed by atoms with E-state index in [1.165, 1.54) is 0 Å². The van der Waals surface area contributed by atoms with Gasteiger partial charge in [-0.15, -0.1) is 0 Å². The van der Waals surface area contributed by atoms with Crippen LogP contribution in [0.5, 0.6) is 0 Å². The molecule has 0 heterocycles. The SMILES string of the molecule is CCOCCN(C)CCCC(O)CC. The maximum atomic E-state index is 9.34. The van der Waals surface area contributed by atoms with Crippen LogP contribution in [0.3, 0.4) is 0 Å². The Labute approximate surface area is 88.1 Å². The lowest BCUT2D eigenvalue weighted by molar-refractivity contribution is 0.117. The van der Waals surface area contributed by atoms with Crippen molar-refractivity contribution in [2.75, 3.05) is 33.4 Å². The lowest BCUT2D eigenvalue weighted by Crippen LogP contribution is -2.25. The molecule has 0 aliphatic rings. The Morgan fingerprint density at radius 1 is 1.29 bits per heavy atom. The monoisotopic (exact) mass is 203 g/mol. The third-order valence-electron chi connectivity index (χ3n) is 2.37. The first-order valence-corrected chi connectivity index (χ1v) is 5.65. The van der Waals surface area contributed by atoms with Crippen molar-refractivity contribution in [3.8, 4) is 0 Å². The summed E-state index contributed by atoms with van der Waals surface area (Å²) in [6.07, 6.45) is 2.73. The highest BCUT2D eigenvalue weighted by molar-refractivity contribution is 4.56. The minimum Gasteiger partial charge on any atom is -0.393 e. The van der Waals surface area contributed by atoms with Crippen LogP contribution in [-0.2, 0) is 4.74 Å². The van der Waals surface area contributed by atoms with Crippen molar-refractivity contribution in [2.24, 2.45) is 0 Å². The summed E-state index contributed by atoms with van der Waals surface area (Å²) in [7, 11) is 2.09. The van der Waals surface area contributed by atoms with Gasteiger partial charge in [-0.3, -0.25) is 0 Å². The van der Waals surface area contributed by atoms with Crippen LogP contribution in [0.2, 0.25) is 0 Å². The fraction of sp³-hybridized carbons (Fsp3) is 1.00. The number of hydrogen-bond donors (Lipinski definition) is 1. The minimum absolute atomic E-state index is 0.115. The molecule has 14 heavy (non-hydrogen) atoms. The molecule has 0 aromatic carbocycles. The number of hydrogen-bond acceptors (Lipinski definition) is 3. The highest BCUT2D eigenvalue weighted by atomic mass is 16.5. The summed E-state index contributed by atoms with van der Waals surface area (Å²) in [6, 6.07) is 0. The van der Waals surface area contributed by atoms with Crippen LogP contribution in [0, 0.1) is 0 Å². The van der Waals surface area contributed by atoms with E-state index in [0.29, 0.717) is 0 Å². The molecule has 0 aliphatic carbocycles. The van der Waals surface area contributed by atoms with Crippen molar-refractivity contribution in [1.82, 2.24) is 4.90 Å². The summed E-state index contributed by atoms with van der Waals surface area (Å²) in [4.78, 5) is 2.25. The maximum absolute atomic E-state index is 9.34. The molecule has 0 rings (SSSR count). The molecule has 0 spiro atoms. The van der Waals surface area contributed by atoms with Crippen LogP contribution in [0.25, 0.3) is 0 Å². The normalized spacial score (nSPS) is 13.5. The molecule has 0 bridgehead atoms. The molecular formula is C11H25NO2. The van der Waals surface area contributed by atoms with E-state index in [2.05, 4.69) is 11.9 Å². The first-order valence-electron chi connectivity index (χ1n) is 5.65. The highest BCUT2D eigenvalue weighted by Crippen LogP contribution is 2.01. The molecule has 3 heteroatoms. The number of rotatable bonds is 9. The van der Waals surface area contributed by atoms with Crippen LogP contribution in [0.1, 0.15) is 33.1 Å². The first-order chi connectivity index (χ1) is 6.70. The quantitative estimate of drug-likeness (QED) is 0.577. The van der Waals surface area contributed by atoms with Crippen molar-refractivity contribution in [3.05, 3.63) is 0 Å². The highest BCUT2D eigenvalue weighted by Gasteiger charge is 2.02. The fourth-order valence-electron chi connectivity index (χ4n) is 1.28. The van der Waals surface area contributed by atoms with Gasteiger partial charge in [0, 0.05) is 13.2 Å². The second-order valence-electron chi connectivity index (χ2n) is 3.70. The molecule has 0 amide bonds. The van der Waals surface area contributed by atoms with Gasteiger partial charge in [-0.2, -0.15) is 0 Å². The molecule has 0 aromatic rings. The molecule has 0 aliphatic heterocycles. The largest absolute Gasteiger partial charge is 0.393 e. The summed E-state index contributed by atoms with van der Waals surface area (Å²) in [5.74, 6) is 0. The minimum atomic E-state index is -0.115. The molecule has 1 atom stereocenters. The van der Waals surface area contributed by atoms with E-state index in [0.717, 1.165) is 45.6 Å². The van der Waals surface area contributed by atoms with Crippen molar-refractivity contribution in [3.63, 3.8) is 0 Å². The van der Waals surface area contributed by atoms with Gasteiger partial charge < -0.3 is 14.7 Å². The number of likely N-dealkylation sites (N-methyl/N-ethyl adjacent to an activating group) is 1. The van der Waals surface area contributed by atoms with Gasteiger partial charge in [-0.1, -0.05) is 6.92 Å². The standard InChI is InChI=1S/C11H25NO2/c1-4-11(13)7-6-8-12(3)9-10-14-5-2/h11,13H,4-10H2,1-3H3. The lowest BCUT2D eigenvalue weighted by atomic mass is 10.1. The smallest absolute Gasteiger partial charge is 0.0593 e. The molecule has 0 saturated heterocycles. The maximum Gasteiger partial charge on any atom is 0.0593 e. The number of ether oxygens (including phenoxy) is 1. The Morgan fingerprint density at radius 2 is 2.00 bits per heavy atom. The third kappa shape index (κ3) is 8.48. The van der Waals surface area contributed by atoms with Gasteiger partial charge in [-0.25, -0.2) is 0 Å². The summed E-state index contributed by atoms with van der Waals surface area (Å²) in [5.41, 5.74) is 0. The summed E-state index contributed by atoms with van der Waals surface area (Å²) >= 11 is 0. The third-order valence-corrected chi connectivity index (χ3v) is 2.37. The Bertz CT molecular complexity index is 120. The average Bonchev–Trinajstić information content (AvgIpc) is 2.18. The fourth-order valence-corrected chi connectivity index (χ4v) is 1.28. The summed E-state index contributed by atoms with van der Waals surface area (Å²) in [6.45, 7) is 7.66. The summed E-state index contributed by atoms with van der Waals surface area (Å²) in [5, 5.41) is 9.34. The zero-order valence-electron chi connectivity index (χ0n) is 9.83. The van der Waals surface area contributed by atoms with E-state index in [9.17, 15) is 5.11 Å².